The number of aryl methyl sites for hydroxylation is 1. The summed E-state index contributed by atoms with van der Waals surface area (Å²) in [7, 11) is 0. The molecule has 1 aromatic carbocycles. The SMILES string of the molecule is Cc1ccc(-n2nnnc2C2(N3CCCC3)CCCCC2)cc1Cl. The molecule has 0 unspecified atom stereocenters. The van der Waals surface area contributed by atoms with Crippen LogP contribution in [0.2, 0.25) is 5.02 Å². The summed E-state index contributed by atoms with van der Waals surface area (Å²) in [6.07, 6.45) is 8.66. The van der Waals surface area contributed by atoms with Gasteiger partial charge in [-0.2, -0.15) is 4.68 Å². The third-order valence-corrected chi connectivity index (χ3v) is 6.09. The lowest BCUT2D eigenvalue weighted by Crippen LogP contribution is -2.47. The average molecular weight is 346 g/mol. The van der Waals surface area contributed by atoms with E-state index in [1.807, 2.05) is 23.7 Å². The summed E-state index contributed by atoms with van der Waals surface area (Å²) in [4.78, 5) is 2.63. The van der Waals surface area contributed by atoms with Gasteiger partial charge >= 0.3 is 0 Å². The van der Waals surface area contributed by atoms with E-state index in [-0.39, 0.29) is 5.54 Å². The Morgan fingerprint density at radius 2 is 1.79 bits per heavy atom. The number of hydrogen-bond acceptors (Lipinski definition) is 4. The van der Waals surface area contributed by atoms with Crippen molar-refractivity contribution in [2.24, 2.45) is 0 Å². The Morgan fingerprint density at radius 1 is 1.04 bits per heavy atom. The zero-order valence-corrected chi connectivity index (χ0v) is 15.0. The zero-order valence-electron chi connectivity index (χ0n) is 14.2. The molecule has 2 aliphatic rings. The maximum absolute atomic E-state index is 6.34. The molecule has 6 heteroatoms. The Labute approximate surface area is 148 Å². The molecule has 2 aromatic rings. The van der Waals surface area contributed by atoms with Gasteiger partial charge in [0.25, 0.3) is 0 Å². The molecule has 1 aliphatic carbocycles. The molecule has 0 radical (unpaired) electrons. The Balaban J connectivity index is 1.79. The number of nitrogens with zero attached hydrogens (tertiary/aromatic N) is 5. The average Bonchev–Trinajstić information content (AvgIpc) is 3.30. The van der Waals surface area contributed by atoms with E-state index in [0.717, 1.165) is 48.0 Å². The standard InChI is InChI=1S/C18H24ClN5/c1-14-7-8-15(13-16(14)19)24-17(20-21-22-24)18(9-3-2-4-10-18)23-11-5-6-12-23/h7-8,13H,2-6,9-12H2,1H3. The molecule has 24 heavy (non-hydrogen) atoms. The maximum atomic E-state index is 6.34. The first-order chi connectivity index (χ1) is 11.7. The van der Waals surface area contributed by atoms with Crippen LogP contribution in [-0.4, -0.2) is 38.2 Å². The molecule has 1 aromatic heterocycles. The first-order valence-electron chi connectivity index (χ1n) is 9.01. The smallest absolute Gasteiger partial charge is 0.176 e. The Bertz CT molecular complexity index is 714. The van der Waals surface area contributed by atoms with Gasteiger partial charge in [-0.05, 0) is 73.8 Å². The minimum Gasteiger partial charge on any atom is -0.291 e. The molecule has 0 bridgehead atoms. The molecule has 0 amide bonds. The normalized spacial score (nSPS) is 21.2. The maximum Gasteiger partial charge on any atom is 0.176 e. The van der Waals surface area contributed by atoms with Crippen LogP contribution in [-0.2, 0) is 5.54 Å². The lowest BCUT2D eigenvalue weighted by Gasteiger charge is -2.43. The van der Waals surface area contributed by atoms with Gasteiger partial charge in [0.15, 0.2) is 5.82 Å². The van der Waals surface area contributed by atoms with Gasteiger partial charge in [-0.25, -0.2) is 0 Å². The van der Waals surface area contributed by atoms with Crippen molar-refractivity contribution in [3.63, 3.8) is 0 Å². The predicted molar refractivity (Wildman–Crippen MR) is 94.5 cm³/mol. The first kappa shape index (κ1) is 16.0. The molecular formula is C18H24ClN5. The van der Waals surface area contributed by atoms with Crippen LogP contribution in [0.15, 0.2) is 18.2 Å². The second-order valence-electron chi connectivity index (χ2n) is 7.13. The molecule has 0 atom stereocenters. The van der Waals surface area contributed by atoms with Crippen LogP contribution < -0.4 is 0 Å². The molecule has 2 heterocycles. The number of tetrazole rings is 1. The number of likely N-dealkylation sites (tertiary alicyclic amines) is 1. The molecule has 128 valence electrons. The van der Waals surface area contributed by atoms with Crippen molar-refractivity contribution in [2.75, 3.05) is 13.1 Å². The molecule has 0 spiro atoms. The fraction of sp³-hybridized carbons (Fsp3) is 0.611. The molecule has 2 fully saturated rings. The van der Waals surface area contributed by atoms with Gasteiger partial charge in [0.2, 0.25) is 0 Å². The van der Waals surface area contributed by atoms with Crippen molar-refractivity contribution in [3.05, 3.63) is 34.6 Å². The molecule has 0 N–H and O–H groups in total. The summed E-state index contributed by atoms with van der Waals surface area (Å²) < 4.78 is 1.91. The second-order valence-corrected chi connectivity index (χ2v) is 7.54. The van der Waals surface area contributed by atoms with Crippen molar-refractivity contribution in [3.8, 4) is 5.69 Å². The van der Waals surface area contributed by atoms with E-state index < -0.39 is 0 Å². The fourth-order valence-corrected chi connectivity index (χ4v) is 4.50. The third-order valence-electron chi connectivity index (χ3n) is 5.68. The van der Waals surface area contributed by atoms with E-state index in [1.54, 1.807) is 0 Å². The van der Waals surface area contributed by atoms with E-state index in [1.165, 1.54) is 32.1 Å². The van der Waals surface area contributed by atoms with Gasteiger partial charge in [0.1, 0.15) is 0 Å². The molecule has 5 nitrogen and oxygen atoms in total. The molecule has 1 aliphatic heterocycles. The van der Waals surface area contributed by atoms with Crippen LogP contribution in [0.1, 0.15) is 56.3 Å². The topological polar surface area (TPSA) is 46.8 Å². The summed E-state index contributed by atoms with van der Waals surface area (Å²) in [5, 5.41) is 13.6. The van der Waals surface area contributed by atoms with Gasteiger partial charge in [-0.3, -0.25) is 4.90 Å². The quantitative estimate of drug-likeness (QED) is 0.847. The fourth-order valence-electron chi connectivity index (χ4n) is 4.33. The lowest BCUT2D eigenvalue weighted by atomic mass is 9.79. The molecule has 1 saturated carbocycles. The highest BCUT2D eigenvalue weighted by atomic mass is 35.5. The molecule has 1 saturated heterocycles. The van der Waals surface area contributed by atoms with Gasteiger partial charge < -0.3 is 0 Å². The molecule has 4 rings (SSSR count). The van der Waals surface area contributed by atoms with Crippen LogP contribution in [0, 0.1) is 6.92 Å². The number of hydrogen-bond donors (Lipinski definition) is 0. The van der Waals surface area contributed by atoms with E-state index in [2.05, 4.69) is 26.5 Å². The third kappa shape index (κ3) is 2.64. The van der Waals surface area contributed by atoms with Crippen molar-refractivity contribution in [2.45, 2.75) is 57.4 Å². The predicted octanol–water partition coefficient (Wildman–Crippen LogP) is 3.88. The van der Waals surface area contributed by atoms with E-state index in [4.69, 9.17) is 11.6 Å². The zero-order chi connectivity index (χ0) is 16.6. The van der Waals surface area contributed by atoms with Gasteiger partial charge in [-0.1, -0.05) is 36.9 Å². The van der Waals surface area contributed by atoms with E-state index >= 15 is 0 Å². The monoisotopic (exact) mass is 345 g/mol. The van der Waals surface area contributed by atoms with Gasteiger partial charge in [0, 0.05) is 5.02 Å². The minimum atomic E-state index is -0.0182. The number of rotatable bonds is 3. The van der Waals surface area contributed by atoms with Crippen molar-refractivity contribution >= 4 is 11.6 Å². The highest BCUT2D eigenvalue weighted by Crippen LogP contribution is 2.43. The van der Waals surface area contributed by atoms with Crippen LogP contribution in [0.3, 0.4) is 0 Å². The summed E-state index contributed by atoms with van der Waals surface area (Å²) in [5.41, 5.74) is 2.01. The summed E-state index contributed by atoms with van der Waals surface area (Å²) in [6, 6.07) is 6.06. The highest BCUT2D eigenvalue weighted by Gasteiger charge is 2.44. The van der Waals surface area contributed by atoms with Crippen LogP contribution in [0.4, 0.5) is 0 Å². The van der Waals surface area contributed by atoms with Crippen molar-refractivity contribution in [1.82, 2.24) is 25.1 Å². The van der Waals surface area contributed by atoms with Gasteiger partial charge in [0.05, 0.1) is 11.2 Å². The van der Waals surface area contributed by atoms with Gasteiger partial charge in [-0.15, -0.1) is 5.10 Å². The Hall–Kier alpha value is -1.46. The van der Waals surface area contributed by atoms with E-state index in [0.29, 0.717) is 0 Å². The number of benzene rings is 1. The number of halogens is 1. The number of aromatic nitrogens is 4. The largest absolute Gasteiger partial charge is 0.291 e. The summed E-state index contributed by atoms with van der Waals surface area (Å²) in [5.74, 6) is 0.990. The Morgan fingerprint density at radius 3 is 2.50 bits per heavy atom. The van der Waals surface area contributed by atoms with Crippen LogP contribution in [0.5, 0.6) is 0 Å². The minimum absolute atomic E-state index is 0.0182. The molecular weight excluding hydrogens is 322 g/mol. The summed E-state index contributed by atoms with van der Waals surface area (Å²) in [6.45, 7) is 4.32. The van der Waals surface area contributed by atoms with Crippen LogP contribution in [0.25, 0.3) is 5.69 Å². The van der Waals surface area contributed by atoms with Crippen molar-refractivity contribution in [1.29, 1.82) is 0 Å². The first-order valence-corrected chi connectivity index (χ1v) is 9.39. The Kier molecular flexibility index (Phi) is 4.31. The van der Waals surface area contributed by atoms with E-state index in [9.17, 15) is 0 Å². The lowest BCUT2D eigenvalue weighted by molar-refractivity contribution is 0.0595. The van der Waals surface area contributed by atoms with Crippen LogP contribution >= 0.6 is 11.6 Å². The second kappa shape index (κ2) is 6.45. The highest BCUT2D eigenvalue weighted by molar-refractivity contribution is 6.31. The van der Waals surface area contributed by atoms with Crippen molar-refractivity contribution < 1.29 is 0 Å². The summed E-state index contributed by atoms with van der Waals surface area (Å²) >= 11 is 6.34.